The van der Waals surface area contributed by atoms with E-state index in [1.807, 2.05) is 41.4 Å². The van der Waals surface area contributed by atoms with E-state index < -0.39 is 0 Å². The number of likely N-dealkylation sites (tertiary alicyclic amines) is 1. The first-order chi connectivity index (χ1) is 11.8. The zero-order valence-corrected chi connectivity index (χ0v) is 13.8. The van der Waals surface area contributed by atoms with Gasteiger partial charge in [-0.1, -0.05) is 12.1 Å². The molecule has 3 heterocycles. The van der Waals surface area contributed by atoms with Gasteiger partial charge in [0.25, 0.3) is 0 Å². The number of nitrogens with zero attached hydrogens (tertiary/aromatic N) is 3. The van der Waals surface area contributed by atoms with Crippen LogP contribution in [0.1, 0.15) is 30.5 Å². The fraction of sp³-hybridized carbons (Fsp3) is 0.421. The first-order valence-corrected chi connectivity index (χ1v) is 8.49. The molecule has 3 rings (SSSR count). The number of rotatable bonds is 6. The summed E-state index contributed by atoms with van der Waals surface area (Å²) in [4.78, 5) is 22.7. The van der Waals surface area contributed by atoms with Gasteiger partial charge in [0, 0.05) is 38.1 Å². The molecule has 5 nitrogen and oxygen atoms in total. The summed E-state index contributed by atoms with van der Waals surface area (Å²) in [5, 5.41) is 0. The Morgan fingerprint density at radius 1 is 1.25 bits per heavy atom. The van der Waals surface area contributed by atoms with Crippen LogP contribution in [0.3, 0.4) is 0 Å². The molecule has 0 aromatic carbocycles. The maximum atomic E-state index is 12.4. The highest BCUT2D eigenvalue weighted by Crippen LogP contribution is 2.16. The number of aryl methyl sites for hydroxylation is 1. The molecule has 0 spiro atoms. The molecule has 2 aromatic rings. The van der Waals surface area contributed by atoms with E-state index in [1.165, 1.54) is 0 Å². The summed E-state index contributed by atoms with van der Waals surface area (Å²) in [7, 11) is 0. The van der Waals surface area contributed by atoms with Crippen LogP contribution in [0.15, 0.2) is 48.9 Å². The van der Waals surface area contributed by atoms with Gasteiger partial charge in [-0.25, -0.2) is 0 Å². The van der Waals surface area contributed by atoms with E-state index in [9.17, 15) is 4.79 Å². The number of hydrogen-bond acceptors (Lipinski definition) is 4. The van der Waals surface area contributed by atoms with Crippen LogP contribution >= 0.6 is 0 Å². The Balaban J connectivity index is 1.45. The number of pyridine rings is 2. The number of hydrogen-bond donors (Lipinski definition) is 0. The van der Waals surface area contributed by atoms with E-state index in [4.69, 9.17) is 4.74 Å². The van der Waals surface area contributed by atoms with E-state index in [0.29, 0.717) is 19.6 Å². The standard InChI is InChI=1S/C19H23N3O2/c23-19(9-8-16-5-3-10-20-13-16)22-12-4-7-18(14-22)24-15-17-6-1-2-11-21-17/h1-3,5-6,10-11,13,18H,4,7-9,12,14-15H2. The van der Waals surface area contributed by atoms with Crippen molar-refractivity contribution >= 4 is 5.91 Å². The molecule has 0 saturated carbocycles. The molecule has 1 aliphatic heterocycles. The minimum absolute atomic E-state index is 0.100. The Kier molecular flexibility index (Phi) is 5.90. The number of carbonyl (C=O) groups is 1. The van der Waals surface area contributed by atoms with Crippen LogP contribution in [0.25, 0.3) is 0 Å². The summed E-state index contributed by atoms with van der Waals surface area (Å²) >= 11 is 0. The lowest BCUT2D eigenvalue weighted by Gasteiger charge is -2.32. The van der Waals surface area contributed by atoms with Crippen LogP contribution in [0.2, 0.25) is 0 Å². The summed E-state index contributed by atoms with van der Waals surface area (Å²) in [5.74, 6) is 0.199. The van der Waals surface area contributed by atoms with Gasteiger partial charge in [-0.3, -0.25) is 14.8 Å². The van der Waals surface area contributed by atoms with Crippen LogP contribution < -0.4 is 0 Å². The van der Waals surface area contributed by atoms with Crippen LogP contribution in [-0.4, -0.2) is 40.0 Å². The van der Waals surface area contributed by atoms with Crippen molar-refractivity contribution in [2.75, 3.05) is 13.1 Å². The molecule has 24 heavy (non-hydrogen) atoms. The fourth-order valence-electron chi connectivity index (χ4n) is 2.94. The monoisotopic (exact) mass is 325 g/mol. The van der Waals surface area contributed by atoms with E-state index in [-0.39, 0.29) is 12.0 Å². The highest BCUT2D eigenvalue weighted by molar-refractivity contribution is 5.76. The third-order valence-electron chi connectivity index (χ3n) is 4.27. The maximum Gasteiger partial charge on any atom is 0.222 e. The highest BCUT2D eigenvalue weighted by Gasteiger charge is 2.24. The molecule has 2 aromatic heterocycles. The largest absolute Gasteiger partial charge is 0.370 e. The molecule has 0 bridgehead atoms. The van der Waals surface area contributed by atoms with Gasteiger partial charge < -0.3 is 9.64 Å². The topological polar surface area (TPSA) is 55.3 Å². The summed E-state index contributed by atoms with van der Waals surface area (Å²) in [5.41, 5.74) is 2.03. The van der Waals surface area contributed by atoms with Gasteiger partial charge in [-0.05, 0) is 43.0 Å². The highest BCUT2D eigenvalue weighted by atomic mass is 16.5. The predicted molar refractivity (Wildman–Crippen MR) is 91.2 cm³/mol. The van der Waals surface area contributed by atoms with E-state index in [2.05, 4.69) is 9.97 Å². The average Bonchev–Trinajstić information content (AvgIpc) is 2.66. The zero-order chi connectivity index (χ0) is 16.6. The first-order valence-electron chi connectivity index (χ1n) is 8.49. The van der Waals surface area contributed by atoms with Crippen molar-refractivity contribution in [2.24, 2.45) is 0 Å². The number of carbonyl (C=O) groups excluding carboxylic acids is 1. The molecule has 126 valence electrons. The third-order valence-corrected chi connectivity index (χ3v) is 4.27. The van der Waals surface area contributed by atoms with Crippen molar-refractivity contribution in [3.05, 3.63) is 60.2 Å². The Hall–Kier alpha value is -2.27. The second-order valence-electron chi connectivity index (χ2n) is 6.10. The molecular weight excluding hydrogens is 302 g/mol. The average molecular weight is 325 g/mol. The molecule has 0 N–H and O–H groups in total. The Bertz CT molecular complexity index is 634. The summed E-state index contributed by atoms with van der Waals surface area (Å²) < 4.78 is 5.95. The van der Waals surface area contributed by atoms with Crippen molar-refractivity contribution in [3.8, 4) is 0 Å². The van der Waals surface area contributed by atoms with Gasteiger partial charge in [0.05, 0.1) is 18.4 Å². The Morgan fingerprint density at radius 2 is 2.21 bits per heavy atom. The first kappa shape index (κ1) is 16.6. The van der Waals surface area contributed by atoms with Crippen molar-refractivity contribution in [3.63, 3.8) is 0 Å². The lowest BCUT2D eigenvalue weighted by atomic mass is 10.1. The molecule has 1 atom stereocenters. The lowest BCUT2D eigenvalue weighted by Crippen LogP contribution is -2.43. The number of aromatic nitrogens is 2. The normalized spacial score (nSPS) is 17.7. The van der Waals surface area contributed by atoms with Crippen LogP contribution in [0, 0.1) is 0 Å². The van der Waals surface area contributed by atoms with E-state index in [0.717, 1.165) is 37.1 Å². The number of piperidine rings is 1. The van der Waals surface area contributed by atoms with Crippen LogP contribution in [-0.2, 0) is 22.6 Å². The SMILES string of the molecule is O=C(CCc1cccnc1)N1CCCC(OCc2ccccn2)C1. The van der Waals surface area contributed by atoms with Gasteiger partial charge in [0.1, 0.15) is 0 Å². The molecule has 1 saturated heterocycles. The molecular formula is C19H23N3O2. The number of ether oxygens (including phenoxy) is 1. The predicted octanol–water partition coefficient (Wildman–Crippen LogP) is 2.62. The van der Waals surface area contributed by atoms with Crippen molar-refractivity contribution in [1.82, 2.24) is 14.9 Å². The lowest BCUT2D eigenvalue weighted by molar-refractivity contribution is -0.135. The second kappa shape index (κ2) is 8.55. The minimum atomic E-state index is 0.100. The van der Waals surface area contributed by atoms with Gasteiger partial charge in [-0.15, -0.1) is 0 Å². The van der Waals surface area contributed by atoms with Crippen molar-refractivity contribution in [2.45, 2.75) is 38.4 Å². The second-order valence-corrected chi connectivity index (χ2v) is 6.10. The maximum absolute atomic E-state index is 12.4. The molecule has 5 heteroatoms. The Morgan fingerprint density at radius 3 is 3.00 bits per heavy atom. The quantitative estimate of drug-likeness (QED) is 0.819. The van der Waals surface area contributed by atoms with E-state index >= 15 is 0 Å². The molecule has 0 radical (unpaired) electrons. The summed E-state index contributed by atoms with van der Waals surface area (Å²) in [6.07, 6.45) is 8.70. The van der Waals surface area contributed by atoms with E-state index in [1.54, 1.807) is 12.4 Å². The van der Waals surface area contributed by atoms with Gasteiger partial charge in [-0.2, -0.15) is 0 Å². The van der Waals surface area contributed by atoms with Crippen LogP contribution in [0.4, 0.5) is 0 Å². The van der Waals surface area contributed by atoms with Crippen molar-refractivity contribution < 1.29 is 9.53 Å². The summed E-state index contributed by atoms with van der Waals surface area (Å²) in [6, 6.07) is 9.73. The fourth-order valence-corrected chi connectivity index (χ4v) is 2.94. The molecule has 1 unspecified atom stereocenters. The minimum Gasteiger partial charge on any atom is -0.370 e. The smallest absolute Gasteiger partial charge is 0.222 e. The number of amides is 1. The van der Waals surface area contributed by atoms with Gasteiger partial charge in [0.2, 0.25) is 5.91 Å². The van der Waals surface area contributed by atoms with Gasteiger partial charge in [0.15, 0.2) is 0 Å². The van der Waals surface area contributed by atoms with Gasteiger partial charge >= 0.3 is 0 Å². The molecule has 0 aliphatic carbocycles. The van der Waals surface area contributed by atoms with Crippen molar-refractivity contribution in [1.29, 1.82) is 0 Å². The Labute approximate surface area is 142 Å². The third kappa shape index (κ3) is 4.86. The molecule has 1 amide bonds. The summed E-state index contributed by atoms with van der Waals surface area (Å²) in [6.45, 7) is 2.01. The zero-order valence-electron chi connectivity index (χ0n) is 13.8. The van der Waals surface area contributed by atoms with Crippen LogP contribution in [0.5, 0.6) is 0 Å². The molecule has 1 aliphatic rings. The molecule has 1 fully saturated rings.